The van der Waals surface area contributed by atoms with Gasteiger partial charge in [-0.2, -0.15) is 0 Å². The van der Waals surface area contributed by atoms with E-state index in [4.69, 9.17) is 0 Å². The maximum atomic E-state index is 2.41. The zero-order chi connectivity index (χ0) is 9.42. The summed E-state index contributed by atoms with van der Waals surface area (Å²) >= 11 is 8.49. The molecule has 0 fully saturated rings. The van der Waals surface area contributed by atoms with Crippen LogP contribution in [0.5, 0.6) is 0 Å². The third-order valence-corrected chi connectivity index (χ3v) is 5.81. The molecule has 2 rings (SSSR count). The van der Waals surface area contributed by atoms with E-state index in [9.17, 15) is 0 Å². The molecule has 0 aliphatic heterocycles. The Labute approximate surface area is 113 Å². The molecule has 13 heavy (non-hydrogen) atoms. The van der Waals surface area contributed by atoms with Gasteiger partial charge >= 0.3 is 0 Å². The zero-order valence-corrected chi connectivity index (χ0v) is 12.8. The summed E-state index contributed by atoms with van der Waals surface area (Å²) in [5.74, 6) is 0. The molecule has 1 aromatic heterocycles. The lowest BCUT2D eigenvalue weighted by Gasteiger charge is -2.04. The molecule has 0 unspecified atom stereocenters. The standard InChI is InChI=1S/C9H6I2S2/c1-12-9-7(11)4-6(10)5-2-3-13-8(5)9/h2-4H,1H3. The van der Waals surface area contributed by atoms with Crippen LogP contribution in [0.4, 0.5) is 0 Å². The van der Waals surface area contributed by atoms with Gasteiger partial charge in [0.15, 0.2) is 0 Å². The predicted molar refractivity (Wildman–Crippen MR) is 79.0 cm³/mol. The van der Waals surface area contributed by atoms with E-state index >= 15 is 0 Å². The molecular formula is C9H6I2S2. The van der Waals surface area contributed by atoms with Crippen LogP contribution >= 0.6 is 68.3 Å². The molecule has 0 saturated carbocycles. The van der Waals surface area contributed by atoms with Crippen LogP contribution in [0, 0.1) is 7.14 Å². The Hall–Kier alpha value is 0.990. The molecule has 0 atom stereocenters. The average molecular weight is 432 g/mol. The largest absolute Gasteiger partial charge is 0.143 e. The Morgan fingerprint density at radius 3 is 2.77 bits per heavy atom. The molecule has 68 valence electrons. The quantitative estimate of drug-likeness (QED) is 0.460. The van der Waals surface area contributed by atoms with Crippen LogP contribution < -0.4 is 0 Å². The van der Waals surface area contributed by atoms with Crippen LogP contribution in [-0.2, 0) is 0 Å². The van der Waals surface area contributed by atoms with Crippen molar-refractivity contribution in [2.24, 2.45) is 0 Å². The summed E-state index contributed by atoms with van der Waals surface area (Å²) in [4.78, 5) is 1.42. The van der Waals surface area contributed by atoms with E-state index < -0.39 is 0 Å². The first-order chi connectivity index (χ1) is 6.24. The van der Waals surface area contributed by atoms with Crippen molar-refractivity contribution in [3.8, 4) is 0 Å². The highest BCUT2D eigenvalue weighted by Crippen LogP contribution is 2.37. The summed E-state index contributed by atoms with van der Waals surface area (Å²) in [6, 6.07) is 4.46. The second-order valence-corrected chi connectivity index (χ2v) is 6.59. The van der Waals surface area contributed by atoms with E-state index in [0.29, 0.717) is 0 Å². The van der Waals surface area contributed by atoms with E-state index in [0.717, 1.165) is 0 Å². The van der Waals surface area contributed by atoms with E-state index in [1.165, 1.54) is 22.1 Å². The molecule has 2 aromatic rings. The van der Waals surface area contributed by atoms with Gasteiger partial charge in [0.1, 0.15) is 0 Å². The number of halogens is 2. The fourth-order valence-electron chi connectivity index (χ4n) is 1.23. The van der Waals surface area contributed by atoms with Gasteiger partial charge in [-0.25, -0.2) is 0 Å². The van der Waals surface area contributed by atoms with Crippen molar-refractivity contribution in [1.82, 2.24) is 0 Å². The van der Waals surface area contributed by atoms with Gasteiger partial charge in [0.05, 0.1) is 0 Å². The molecule has 0 bridgehead atoms. The molecule has 0 saturated heterocycles. The number of hydrogen-bond donors (Lipinski definition) is 0. The zero-order valence-electron chi connectivity index (χ0n) is 6.80. The van der Waals surface area contributed by atoms with Crippen molar-refractivity contribution in [1.29, 1.82) is 0 Å². The van der Waals surface area contributed by atoms with Gasteiger partial charge in [0, 0.05) is 22.1 Å². The second kappa shape index (κ2) is 4.24. The SMILES string of the molecule is CSc1c(I)cc(I)c2ccsc12. The van der Waals surface area contributed by atoms with Gasteiger partial charge in [-0.3, -0.25) is 0 Å². The lowest BCUT2D eigenvalue weighted by atomic mass is 10.3. The van der Waals surface area contributed by atoms with E-state index in [-0.39, 0.29) is 0 Å². The highest BCUT2D eigenvalue weighted by atomic mass is 127. The fraction of sp³-hybridized carbons (Fsp3) is 0.111. The summed E-state index contributed by atoms with van der Waals surface area (Å²) in [6.45, 7) is 0. The minimum Gasteiger partial charge on any atom is -0.143 e. The van der Waals surface area contributed by atoms with E-state index in [1.807, 2.05) is 23.1 Å². The molecule has 0 nitrogen and oxygen atoms in total. The van der Waals surface area contributed by atoms with Gasteiger partial charge in [0.2, 0.25) is 0 Å². The molecule has 0 aliphatic rings. The van der Waals surface area contributed by atoms with Gasteiger partial charge in [-0.15, -0.1) is 23.1 Å². The number of fused-ring (bicyclic) bond motifs is 1. The number of hydrogen-bond acceptors (Lipinski definition) is 2. The molecular weight excluding hydrogens is 426 g/mol. The van der Waals surface area contributed by atoms with Crippen LogP contribution in [0.25, 0.3) is 10.1 Å². The molecule has 4 heteroatoms. The monoisotopic (exact) mass is 432 g/mol. The lowest BCUT2D eigenvalue weighted by molar-refractivity contribution is 1.49. The van der Waals surface area contributed by atoms with E-state index in [2.05, 4.69) is 69.0 Å². The number of benzene rings is 1. The molecule has 0 amide bonds. The van der Waals surface area contributed by atoms with Crippen LogP contribution in [0.1, 0.15) is 0 Å². The summed E-state index contributed by atoms with van der Waals surface area (Å²) in [7, 11) is 0. The molecule has 0 radical (unpaired) electrons. The third kappa shape index (κ3) is 1.87. The third-order valence-electron chi connectivity index (χ3n) is 1.80. The Kier molecular flexibility index (Phi) is 3.43. The highest BCUT2D eigenvalue weighted by molar-refractivity contribution is 14.1. The summed E-state index contributed by atoms with van der Waals surface area (Å²) < 4.78 is 4.16. The Morgan fingerprint density at radius 2 is 2.08 bits per heavy atom. The van der Waals surface area contributed by atoms with Crippen molar-refractivity contribution < 1.29 is 0 Å². The fourth-order valence-corrected chi connectivity index (χ4v) is 6.00. The molecule has 0 aliphatic carbocycles. The maximum absolute atomic E-state index is 2.41. The molecule has 1 aromatic carbocycles. The van der Waals surface area contributed by atoms with Gasteiger partial charge in [0.25, 0.3) is 0 Å². The lowest BCUT2D eigenvalue weighted by Crippen LogP contribution is -1.81. The van der Waals surface area contributed by atoms with Crippen LogP contribution in [-0.4, -0.2) is 6.26 Å². The summed E-state index contributed by atoms with van der Waals surface area (Å²) in [5, 5.41) is 3.57. The minimum atomic E-state index is 1.36. The van der Waals surface area contributed by atoms with Gasteiger partial charge < -0.3 is 0 Å². The highest BCUT2D eigenvalue weighted by Gasteiger charge is 2.09. The Morgan fingerprint density at radius 1 is 1.31 bits per heavy atom. The van der Waals surface area contributed by atoms with Gasteiger partial charge in [-0.1, -0.05) is 0 Å². The Bertz CT molecular complexity index is 448. The van der Waals surface area contributed by atoms with Crippen LogP contribution in [0.2, 0.25) is 0 Å². The normalized spacial score (nSPS) is 11.0. The van der Waals surface area contributed by atoms with Crippen LogP contribution in [0.15, 0.2) is 22.4 Å². The first kappa shape index (κ1) is 10.5. The van der Waals surface area contributed by atoms with Crippen molar-refractivity contribution >= 4 is 78.4 Å². The first-order valence-corrected chi connectivity index (χ1v) is 7.89. The smallest absolute Gasteiger partial charge is 0.0499 e. The van der Waals surface area contributed by atoms with E-state index in [1.54, 1.807) is 0 Å². The van der Waals surface area contributed by atoms with Gasteiger partial charge in [-0.05, 0) is 69.0 Å². The Balaban J connectivity index is 2.88. The first-order valence-electron chi connectivity index (χ1n) is 3.63. The number of rotatable bonds is 1. The molecule has 1 heterocycles. The number of thioether (sulfide) groups is 1. The van der Waals surface area contributed by atoms with Crippen LogP contribution in [0.3, 0.4) is 0 Å². The minimum absolute atomic E-state index is 1.36. The molecule has 0 spiro atoms. The number of thiophene rings is 1. The second-order valence-electron chi connectivity index (χ2n) is 2.54. The van der Waals surface area contributed by atoms with Crippen molar-refractivity contribution in [2.75, 3.05) is 6.26 Å². The summed E-state index contributed by atoms with van der Waals surface area (Å²) in [6.07, 6.45) is 2.14. The van der Waals surface area contributed by atoms with Crippen molar-refractivity contribution in [2.45, 2.75) is 4.90 Å². The predicted octanol–water partition coefficient (Wildman–Crippen LogP) is 4.83. The topological polar surface area (TPSA) is 0 Å². The molecule has 0 N–H and O–H groups in total. The summed E-state index contributed by atoms with van der Waals surface area (Å²) in [5.41, 5.74) is 0. The average Bonchev–Trinajstić information content (AvgIpc) is 2.53. The van der Waals surface area contributed by atoms with Crippen molar-refractivity contribution in [3.63, 3.8) is 0 Å². The maximum Gasteiger partial charge on any atom is 0.0499 e. The van der Waals surface area contributed by atoms with Crippen molar-refractivity contribution in [3.05, 3.63) is 24.7 Å².